The molecule has 0 aliphatic carbocycles. The van der Waals surface area contributed by atoms with Gasteiger partial charge in [-0.05, 0) is 30.2 Å². The lowest BCUT2D eigenvalue weighted by molar-refractivity contribution is 0.0696. The largest absolute Gasteiger partial charge is 0.478 e. The normalized spacial score (nSPS) is 13.9. The Labute approximate surface area is 122 Å². The fourth-order valence-electron chi connectivity index (χ4n) is 2.18. The van der Waals surface area contributed by atoms with E-state index in [2.05, 4.69) is 5.32 Å². The number of nitrogens with zero attached hydrogens (tertiary/aromatic N) is 1. The highest BCUT2D eigenvalue weighted by Gasteiger charge is 2.25. The van der Waals surface area contributed by atoms with Crippen molar-refractivity contribution in [2.24, 2.45) is 0 Å². The van der Waals surface area contributed by atoms with Gasteiger partial charge in [0.05, 0.1) is 11.3 Å². The quantitative estimate of drug-likeness (QED) is 0.842. The number of rotatable bonds is 4. The number of carboxylic acid groups (broad SMARTS) is 1. The lowest BCUT2D eigenvalue weighted by Gasteiger charge is -2.18. The Kier molecular flexibility index (Phi) is 4.17. The molecule has 114 valence electrons. The summed E-state index contributed by atoms with van der Waals surface area (Å²) in [6, 6.07) is 4.23. The van der Waals surface area contributed by atoms with E-state index >= 15 is 0 Å². The van der Waals surface area contributed by atoms with Crippen molar-refractivity contribution in [2.75, 3.05) is 30.0 Å². The zero-order valence-corrected chi connectivity index (χ0v) is 12.3. The van der Waals surface area contributed by atoms with Crippen molar-refractivity contribution in [2.45, 2.75) is 6.42 Å². The van der Waals surface area contributed by atoms with E-state index in [9.17, 15) is 18.0 Å². The number of hydrogen-bond donors (Lipinski definition) is 2. The summed E-state index contributed by atoms with van der Waals surface area (Å²) < 4.78 is 22.0. The Morgan fingerprint density at radius 1 is 1.38 bits per heavy atom. The Morgan fingerprint density at radius 2 is 2.10 bits per heavy atom. The van der Waals surface area contributed by atoms with Gasteiger partial charge >= 0.3 is 12.0 Å². The monoisotopic (exact) mass is 312 g/mol. The number of hydrogen-bond acceptors (Lipinski definition) is 4. The van der Waals surface area contributed by atoms with Crippen LogP contribution in [0.4, 0.5) is 10.5 Å². The van der Waals surface area contributed by atoms with Gasteiger partial charge in [-0.1, -0.05) is 0 Å². The van der Waals surface area contributed by atoms with E-state index in [1.165, 1.54) is 11.0 Å². The zero-order chi connectivity index (χ0) is 15.6. The molecule has 2 amide bonds. The van der Waals surface area contributed by atoms with Crippen LogP contribution in [0.3, 0.4) is 0 Å². The van der Waals surface area contributed by atoms with Gasteiger partial charge in [0.2, 0.25) is 0 Å². The van der Waals surface area contributed by atoms with Crippen molar-refractivity contribution >= 4 is 27.5 Å². The maximum absolute atomic E-state index is 12.0. The number of fused-ring (bicyclic) bond motifs is 1. The summed E-state index contributed by atoms with van der Waals surface area (Å²) in [5.41, 5.74) is 1.65. The summed E-state index contributed by atoms with van der Waals surface area (Å²) in [5.74, 6) is -1.12. The number of benzene rings is 1. The van der Waals surface area contributed by atoms with E-state index in [0.717, 1.165) is 11.8 Å². The van der Waals surface area contributed by atoms with E-state index in [-0.39, 0.29) is 23.9 Å². The van der Waals surface area contributed by atoms with E-state index < -0.39 is 15.8 Å². The standard InChI is InChI=1S/C13H16N2O5S/c1-21(19,20)7-5-14-13(18)15-6-4-9-8-10(12(16)17)2-3-11(9)15/h2-3,8H,4-7H2,1H3,(H,14,18)(H,16,17). The van der Waals surface area contributed by atoms with Crippen LogP contribution in [0.15, 0.2) is 18.2 Å². The van der Waals surface area contributed by atoms with Crippen LogP contribution in [0, 0.1) is 0 Å². The lowest BCUT2D eigenvalue weighted by Crippen LogP contribution is -2.40. The molecule has 0 saturated heterocycles. The Balaban J connectivity index is 2.05. The fourth-order valence-corrected chi connectivity index (χ4v) is 2.66. The molecule has 1 aliphatic rings. The van der Waals surface area contributed by atoms with Crippen LogP contribution in [-0.4, -0.2) is 50.6 Å². The summed E-state index contributed by atoms with van der Waals surface area (Å²) in [5, 5.41) is 11.5. The number of carboxylic acids is 1. The first-order valence-electron chi connectivity index (χ1n) is 6.37. The number of urea groups is 1. The molecule has 0 aromatic heterocycles. The molecule has 1 aromatic carbocycles. The van der Waals surface area contributed by atoms with Gasteiger partial charge in [-0.2, -0.15) is 0 Å². The highest BCUT2D eigenvalue weighted by molar-refractivity contribution is 7.90. The maximum Gasteiger partial charge on any atom is 0.335 e. The second kappa shape index (κ2) is 5.72. The highest BCUT2D eigenvalue weighted by Crippen LogP contribution is 2.28. The molecule has 0 spiro atoms. The third kappa shape index (κ3) is 3.72. The maximum atomic E-state index is 12.0. The average Bonchev–Trinajstić information content (AvgIpc) is 2.79. The number of anilines is 1. The molecule has 0 saturated carbocycles. The van der Waals surface area contributed by atoms with Crippen LogP contribution in [0.25, 0.3) is 0 Å². The predicted molar refractivity (Wildman–Crippen MR) is 77.6 cm³/mol. The first-order valence-corrected chi connectivity index (χ1v) is 8.43. The third-order valence-corrected chi connectivity index (χ3v) is 4.16. The molecular weight excluding hydrogens is 296 g/mol. The van der Waals surface area contributed by atoms with Crippen molar-refractivity contribution in [3.05, 3.63) is 29.3 Å². The summed E-state index contributed by atoms with van der Waals surface area (Å²) in [6.45, 7) is 0.500. The molecule has 0 atom stereocenters. The fraction of sp³-hybridized carbons (Fsp3) is 0.385. The number of amides is 2. The number of nitrogens with one attached hydrogen (secondary N) is 1. The average molecular weight is 312 g/mol. The number of aromatic carboxylic acids is 1. The van der Waals surface area contributed by atoms with Crippen LogP contribution >= 0.6 is 0 Å². The van der Waals surface area contributed by atoms with Crippen LogP contribution < -0.4 is 10.2 Å². The number of sulfone groups is 1. The molecule has 1 heterocycles. The SMILES string of the molecule is CS(=O)(=O)CCNC(=O)N1CCc2cc(C(=O)O)ccc21. The van der Waals surface area contributed by atoms with Crippen molar-refractivity contribution in [1.29, 1.82) is 0 Å². The van der Waals surface area contributed by atoms with Crippen LogP contribution in [0.1, 0.15) is 15.9 Å². The minimum absolute atomic E-state index is 0.0523. The first kappa shape index (κ1) is 15.3. The van der Waals surface area contributed by atoms with Gasteiger partial charge in [0.25, 0.3) is 0 Å². The molecule has 1 aliphatic heterocycles. The van der Waals surface area contributed by atoms with Crippen molar-refractivity contribution in [3.63, 3.8) is 0 Å². The molecule has 0 radical (unpaired) electrons. The van der Waals surface area contributed by atoms with Gasteiger partial charge in [-0.25, -0.2) is 18.0 Å². The zero-order valence-electron chi connectivity index (χ0n) is 11.5. The lowest BCUT2D eigenvalue weighted by atomic mass is 10.1. The second-order valence-electron chi connectivity index (χ2n) is 4.91. The van der Waals surface area contributed by atoms with E-state index in [4.69, 9.17) is 5.11 Å². The molecule has 0 fully saturated rings. The second-order valence-corrected chi connectivity index (χ2v) is 7.17. The van der Waals surface area contributed by atoms with Gasteiger partial charge in [0, 0.05) is 25.0 Å². The highest BCUT2D eigenvalue weighted by atomic mass is 32.2. The summed E-state index contributed by atoms with van der Waals surface area (Å²) >= 11 is 0. The van der Waals surface area contributed by atoms with Gasteiger partial charge in [0.15, 0.2) is 0 Å². The molecule has 2 rings (SSSR count). The van der Waals surface area contributed by atoms with Gasteiger partial charge < -0.3 is 10.4 Å². The predicted octanol–water partition coefficient (Wildman–Crippen LogP) is 0.502. The van der Waals surface area contributed by atoms with Crippen LogP contribution in [0.2, 0.25) is 0 Å². The molecule has 1 aromatic rings. The smallest absolute Gasteiger partial charge is 0.335 e. The Bertz CT molecular complexity index is 684. The van der Waals surface area contributed by atoms with Crippen molar-refractivity contribution < 1.29 is 23.1 Å². The topological polar surface area (TPSA) is 104 Å². The third-order valence-electron chi connectivity index (χ3n) is 3.22. The van der Waals surface area contributed by atoms with Gasteiger partial charge in [-0.3, -0.25) is 4.90 Å². The molecular formula is C13H16N2O5S. The Morgan fingerprint density at radius 3 is 2.71 bits per heavy atom. The molecule has 2 N–H and O–H groups in total. The van der Waals surface area contributed by atoms with Crippen LogP contribution in [-0.2, 0) is 16.3 Å². The minimum atomic E-state index is -3.12. The summed E-state index contributed by atoms with van der Waals surface area (Å²) in [4.78, 5) is 24.4. The molecule has 0 bridgehead atoms. The first-order chi connectivity index (χ1) is 9.78. The number of carbonyl (C=O) groups is 2. The Hall–Kier alpha value is -2.09. The van der Waals surface area contributed by atoms with Gasteiger partial charge in [0.1, 0.15) is 9.84 Å². The molecule has 8 heteroatoms. The van der Waals surface area contributed by atoms with E-state index in [1.54, 1.807) is 12.1 Å². The molecule has 21 heavy (non-hydrogen) atoms. The van der Waals surface area contributed by atoms with Crippen molar-refractivity contribution in [3.8, 4) is 0 Å². The number of carbonyl (C=O) groups excluding carboxylic acids is 1. The summed E-state index contributed by atoms with van der Waals surface area (Å²) in [6.07, 6.45) is 1.69. The minimum Gasteiger partial charge on any atom is -0.478 e. The molecule has 0 unspecified atom stereocenters. The molecule has 7 nitrogen and oxygen atoms in total. The van der Waals surface area contributed by atoms with E-state index in [0.29, 0.717) is 18.7 Å². The van der Waals surface area contributed by atoms with Gasteiger partial charge in [-0.15, -0.1) is 0 Å². The van der Waals surface area contributed by atoms with Crippen LogP contribution in [0.5, 0.6) is 0 Å². The van der Waals surface area contributed by atoms with Crippen molar-refractivity contribution in [1.82, 2.24) is 5.32 Å². The summed E-state index contributed by atoms with van der Waals surface area (Å²) in [7, 11) is -3.12. The van der Waals surface area contributed by atoms with E-state index in [1.807, 2.05) is 0 Å².